The highest BCUT2D eigenvalue weighted by Gasteiger charge is 2.21. The van der Waals surface area contributed by atoms with Gasteiger partial charge in [0.25, 0.3) is 5.91 Å². The van der Waals surface area contributed by atoms with Gasteiger partial charge in [-0.25, -0.2) is 9.78 Å². The lowest BCUT2D eigenvalue weighted by Gasteiger charge is -2.15. The largest absolute Gasteiger partial charge is 0.449 e. The number of nitrogens with one attached hydrogen (secondary N) is 2. The van der Waals surface area contributed by atoms with Crippen molar-refractivity contribution in [3.05, 3.63) is 58.9 Å². The number of hydrogen-bond acceptors (Lipinski definition) is 4. The number of anilines is 1. The molecule has 25 heavy (non-hydrogen) atoms. The Kier molecular flexibility index (Phi) is 4.72. The minimum absolute atomic E-state index is 0.352. The third-order valence-corrected chi connectivity index (χ3v) is 4.03. The Morgan fingerprint density at radius 1 is 1.28 bits per heavy atom. The van der Waals surface area contributed by atoms with Crippen LogP contribution in [-0.4, -0.2) is 27.9 Å². The Morgan fingerprint density at radius 3 is 2.88 bits per heavy atom. The number of nitrogens with zero attached hydrogens (tertiary/aromatic N) is 1. The molecule has 3 rings (SSSR count). The molecule has 2 N–H and O–H groups in total. The van der Waals surface area contributed by atoms with Crippen LogP contribution in [0.1, 0.15) is 22.8 Å². The van der Waals surface area contributed by atoms with Gasteiger partial charge in [-0.2, -0.15) is 0 Å². The number of halogens is 1. The molecule has 128 valence electrons. The van der Waals surface area contributed by atoms with Gasteiger partial charge in [-0.05, 0) is 43.7 Å². The van der Waals surface area contributed by atoms with Gasteiger partial charge in [0, 0.05) is 28.5 Å². The lowest BCUT2D eigenvalue weighted by molar-refractivity contribution is -0.123. The van der Waals surface area contributed by atoms with Gasteiger partial charge in [-0.1, -0.05) is 17.7 Å². The molecule has 0 aliphatic carbocycles. The van der Waals surface area contributed by atoms with Crippen molar-refractivity contribution in [3.63, 3.8) is 0 Å². The standard InChI is InChI=1S/C18H16ClN3O3/c1-10-3-4-12(19)9-15(10)22-17(23)11(2)25-18(24)14-6-8-21-16-13(14)5-7-20-16/h3-9,11H,1-2H3,(H,20,21)(H,22,23). The van der Waals surface area contributed by atoms with E-state index in [9.17, 15) is 9.59 Å². The smallest absolute Gasteiger partial charge is 0.339 e. The van der Waals surface area contributed by atoms with E-state index in [0.29, 0.717) is 27.3 Å². The van der Waals surface area contributed by atoms with E-state index in [1.165, 1.54) is 13.1 Å². The molecule has 0 spiro atoms. The van der Waals surface area contributed by atoms with Crippen molar-refractivity contribution < 1.29 is 14.3 Å². The van der Waals surface area contributed by atoms with Crippen molar-refractivity contribution >= 4 is 40.2 Å². The quantitative estimate of drug-likeness (QED) is 0.697. The summed E-state index contributed by atoms with van der Waals surface area (Å²) < 4.78 is 5.29. The zero-order valence-electron chi connectivity index (χ0n) is 13.7. The molecule has 1 unspecified atom stereocenters. The maximum absolute atomic E-state index is 12.4. The Hall–Kier alpha value is -2.86. The molecule has 3 aromatic rings. The summed E-state index contributed by atoms with van der Waals surface area (Å²) in [5.74, 6) is -1.02. The normalized spacial score (nSPS) is 12.0. The number of fused-ring (bicyclic) bond motifs is 1. The average molecular weight is 358 g/mol. The minimum atomic E-state index is -0.965. The molecule has 0 aliphatic rings. The Morgan fingerprint density at radius 2 is 2.08 bits per heavy atom. The van der Waals surface area contributed by atoms with Gasteiger partial charge in [0.05, 0.1) is 5.56 Å². The van der Waals surface area contributed by atoms with Crippen LogP contribution in [0.5, 0.6) is 0 Å². The maximum Gasteiger partial charge on any atom is 0.339 e. The topological polar surface area (TPSA) is 84.1 Å². The number of H-pyrrole nitrogens is 1. The third kappa shape index (κ3) is 3.64. The van der Waals surface area contributed by atoms with Crippen LogP contribution >= 0.6 is 11.6 Å². The van der Waals surface area contributed by atoms with E-state index in [-0.39, 0.29) is 0 Å². The fourth-order valence-corrected chi connectivity index (χ4v) is 2.55. The summed E-state index contributed by atoms with van der Waals surface area (Å²) in [5, 5.41) is 3.88. The van der Waals surface area contributed by atoms with Crippen molar-refractivity contribution in [2.24, 2.45) is 0 Å². The highest BCUT2D eigenvalue weighted by molar-refractivity contribution is 6.31. The van der Waals surface area contributed by atoms with Gasteiger partial charge in [-0.3, -0.25) is 4.79 Å². The Bertz CT molecular complexity index is 952. The summed E-state index contributed by atoms with van der Waals surface area (Å²) in [6.45, 7) is 3.37. The second-order valence-electron chi connectivity index (χ2n) is 5.59. The van der Waals surface area contributed by atoms with Gasteiger partial charge in [0.1, 0.15) is 5.65 Å². The number of aryl methyl sites for hydroxylation is 1. The summed E-state index contributed by atoms with van der Waals surface area (Å²) >= 11 is 5.94. The summed E-state index contributed by atoms with van der Waals surface area (Å²) in [6, 6.07) is 8.48. The van der Waals surface area contributed by atoms with E-state index >= 15 is 0 Å². The molecule has 1 aromatic carbocycles. The van der Waals surface area contributed by atoms with E-state index in [2.05, 4.69) is 15.3 Å². The molecule has 2 heterocycles. The predicted octanol–water partition coefficient (Wildman–Crippen LogP) is 3.71. The fourth-order valence-electron chi connectivity index (χ4n) is 2.38. The number of ether oxygens (including phenoxy) is 1. The van der Waals surface area contributed by atoms with Crippen LogP contribution in [0.3, 0.4) is 0 Å². The van der Waals surface area contributed by atoms with Crippen molar-refractivity contribution in [2.45, 2.75) is 20.0 Å². The Labute approximate surface area is 149 Å². The second-order valence-corrected chi connectivity index (χ2v) is 6.03. The highest BCUT2D eigenvalue weighted by atomic mass is 35.5. The number of benzene rings is 1. The summed E-state index contributed by atoms with van der Waals surface area (Å²) in [5.41, 5.74) is 2.38. The molecule has 0 bridgehead atoms. The van der Waals surface area contributed by atoms with Gasteiger partial charge in [0.2, 0.25) is 0 Å². The van der Waals surface area contributed by atoms with Crippen LogP contribution < -0.4 is 5.32 Å². The minimum Gasteiger partial charge on any atom is -0.449 e. The summed E-state index contributed by atoms with van der Waals surface area (Å²) in [7, 11) is 0. The molecule has 1 atom stereocenters. The molecule has 1 amide bonds. The number of amides is 1. The van der Waals surface area contributed by atoms with Crippen molar-refractivity contribution in [1.29, 1.82) is 0 Å². The highest BCUT2D eigenvalue weighted by Crippen LogP contribution is 2.21. The zero-order chi connectivity index (χ0) is 18.0. The molecule has 0 saturated carbocycles. The van der Waals surface area contributed by atoms with Crippen LogP contribution in [0, 0.1) is 6.92 Å². The first-order chi connectivity index (χ1) is 12.0. The van der Waals surface area contributed by atoms with Crippen LogP contribution in [0.25, 0.3) is 11.0 Å². The lowest BCUT2D eigenvalue weighted by atomic mass is 10.2. The second kappa shape index (κ2) is 6.94. The molecule has 6 nitrogen and oxygen atoms in total. The number of pyridine rings is 1. The van der Waals surface area contributed by atoms with Gasteiger partial charge in [-0.15, -0.1) is 0 Å². The van der Waals surface area contributed by atoms with E-state index in [1.54, 1.807) is 36.5 Å². The van der Waals surface area contributed by atoms with Crippen molar-refractivity contribution in [2.75, 3.05) is 5.32 Å². The molecule has 0 saturated heterocycles. The Balaban J connectivity index is 1.72. The first-order valence-corrected chi connectivity index (χ1v) is 8.03. The molecule has 0 fully saturated rings. The van der Waals surface area contributed by atoms with E-state index in [1.807, 2.05) is 6.92 Å². The van der Waals surface area contributed by atoms with Crippen molar-refractivity contribution in [3.8, 4) is 0 Å². The number of hydrogen-bond donors (Lipinski definition) is 2. The van der Waals surface area contributed by atoms with Gasteiger partial charge < -0.3 is 15.0 Å². The van der Waals surface area contributed by atoms with E-state index < -0.39 is 18.0 Å². The van der Waals surface area contributed by atoms with Crippen LogP contribution in [0.15, 0.2) is 42.7 Å². The zero-order valence-corrected chi connectivity index (χ0v) is 14.4. The first kappa shape index (κ1) is 17.0. The van der Waals surface area contributed by atoms with Gasteiger partial charge in [0.15, 0.2) is 6.10 Å². The fraction of sp³-hybridized carbons (Fsp3) is 0.167. The summed E-state index contributed by atoms with van der Waals surface area (Å²) in [4.78, 5) is 31.7. The third-order valence-electron chi connectivity index (χ3n) is 3.79. The van der Waals surface area contributed by atoms with Gasteiger partial charge >= 0.3 is 5.97 Å². The molecule has 7 heteroatoms. The van der Waals surface area contributed by atoms with Crippen LogP contribution in [0.2, 0.25) is 5.02 Å². The molecule has 0 radical (unpaired) electrons. The molecule has 2 aromatic heterocycles. The molecular formula is C18H16ClN3O3. The monoisotopic (exact) mass is 357 g/mol. The van der Waals surface area contributed by atoms with E-state index in [0.717, 1.165) is 5.56 Å². The summed E-state index contributed by atoms with van der Waals surface area (Å²) in [6.07, 6.45) is 2.23. The first-order valence-electron chi connectivity index (χ1n) is 7.66. The predicted molar refractivity (Wildman–Crippen MR) is 95.8 cm³/mol. The maximum atomic E-state index is 12.4. The number of rotatable bonds is 4. The number of aromatic nitrogens is 2. The van der Waals surface area contributed by atoms with E-state index in [4.69, 9.17) is 16.3 Å². The average Bonchev–Trinajstić information content (AvgIpc) is 3.06. The number of carbonyl (C=O) groups excluding carboxylic acids is 2. The SMILES string of the molecule is Cc1ccc(Cl)cc1NC(=O)C(C)OC(=O)c1ccnc2[nH]ccc12. The van der Waals surface area contributed by atoms with Crippen LogP contribution in [-0.2, 0) is 9.53 Å². The van der Waals surface area contributed by atoms with Crippen molar-refractivity contribution in [1.82, 2.24) is 9.97 Å². The number of esters is 1. The number of carbonyl (C=O) groups is 2. The molecular weight excluding hydrogens is 342 g/mol. The van der Waals surface area contributed by atoms with Crippen LogP contribution in [0.4, 0.5) is 5.69 Å². The molecule has 0 aliphatic heterocycles. The lowest BCUT2D eigenvalue weighted by Crippen LogP contribution is -2.30. The number of aromatic amines is 1.